The quantitative estimate of drug-likeness (QED) is 0.685. The first-order valence-corrected chi connectivity index (χ1v) is 10.5. The lowest BCUT2D eigenvalue weighted by Crippen LogP contribution is -2.49. The van der Waals surface area contributed by atoms with Crippen molar-refractivity contribution in [2.45, 2.75) is 4.90 Å². The average molecular weight is 414 g/mol. The molecule has 0 saturated carbocycles. The highest BCUT2D eigenvalue weighted by Crippen LogP contribution is 2.23. The van der Waals surface area contributed by atoms with Gasteiger partial charge in [0.1, 0.15) is 34.5 Å². The molecule has 0 spiro atoms. The number of aromatic nitrogens is 3. The molecule has 1 N–H and O–H groups in total. The predicted molar refractivity (Wildman–Crippen MR) is 107 cm³/mol. The van der Waals surface area contributed by atoms with Crippen LogP contribution >= 0.6 is 0 Å². The number of hydrogen-bond acceptors (Lipinski definition) is 7. The molecule has 1 aliphatic rings. The summed E-state index contributed by atoms with van der Waals surface area (Å²) in [5, 5.41) is 3.11. The van der Waals surface area contributed by atoms with Gasteiger partial charge in [0.05, 0.1) is 0 Å². The number of anilines is 3. The normalized spacial score (nSPS) is 15.3. The maximum Gasteiger partial charge on any atom is 0.246 e. The molecule has 0 aliphatic carbocycles. The van der Waals surface area contributed by atoms with Gasteiger partial charge in [-0.2, -0.15) is 4.31 Å². The minimum Gasteiger partial charge on any atom is -0.354 e. The maximum atomic E-state index is 14.0. The van der Waals surface area contributed by atoms with Crippen LogP contribution in [0.5, 0.6) is 0 Å². The highest BCUT2D eigenvalue weighted by atomic mass is 32.2. The van der Waals surface area contributed by atoms with Gasteiger partial charge in [0, 0.05) is 38.4 Å². The van der Waals surface area contributed by atoms with Crippen LogP contribution in [0.4, 0.5) is 21.8 Å². The topological polar surface area (TPSA) is 91.3 Å². The number of halogens is 1. The third-order valence-electron chi connectivity index (χ3n) is 4.59. The molecule has 8 nitrogen and oxygen atoms in total. The number of piperazine rings is 1. The largest absolute Gasteiger partial charge is 0.354 e. The van der Waals surface area contributed by atoms with Gasteiger partial charge in [0.15, 0.2) is 0 Å². The van der Waals surface area contributed by atoms with Gasteiger partial charge in [-0.15, -0.1) is 0 Å². The van der Waals surface area contributed by atoms with Crippen molar-refractivity contribution in [3.8, 4) is 0 Å². The lowest BCUT2D eigenvalue weighted by molar-refractivity contribution is 0.381. The zero-order valence-corrected chi connectivity index (χ0v) is 16.3. The van der Waals surface area contributed by atoms with Crippen molar-refractivity contribution in [1.82, 2.24) is 19.3 Å². The van der Waals surface area contributed by atoms with Crippen LogP contribution in [0.15, 0.2) is 66.0 Å². The summed E-state index contributed by atoms with van der Waals surface area (Å²) in [6, 6.07) is 12.7. The SMILES string of the molecule is O=S(=O)(c1ccccc1F)N1CCN(c2cc(Nc3ccccn3)ncn2)CC1. The Bertz CT molecular complexity index is 1090. The van der Waals surface area contributed by atoms with E-state index in [0.717, 1.165) is 6.07 Å². The van der Waals surface area contributed by atoms with Gasteiger partial charge in [-0.1, -0.05) is 18.2 Å². The van der Waals surface area contributed by atoms with Crippen LogP contribution in [0.1, 0.15) is 0 Å². The van der Waals surface area contributed by atoms with Gasteiger partial charge in [0.25, 0.3) is 0 Å². The molecular formula is C19H19FN6O2S. The van der Waals surface area contributed by atoms with Gasteiger partial charge in [-0.3, -0.25) is 0 Å². The van der Waals surface area contributed by atoms with Crippen molar-refractivity contribution in [2.24, 2.45) is 0 Å². The first-order chi connectivity index (χ1) is 14.0. The van der Waals surface area contributed by atoms with E-state index < -0.39 is 15.8 Å². The van der Waals surface area contributed by atoms with Gasteiger partial charge in [0.2, 0.25) is 10.0 Å². The van der Waals surface area contributed by atoms with Crippen molar-refractivity contribution < 1.29 is 12.8 Å². The van der Waals surface area contributed by atoms with E-state index >= 15 is 0 Å². The maximum absolute atomic E-state index is 14.0. The van der Waals surface area contributed by atoms with Crippen LogP contribution in [-0.2, 0) is 10.0 Å². The molecule has 4 rings (SSSR count). The molecule has 0 atom stereocenters. The van der Waals surface area contributed by atoms with Gasteiger partial charge >= 0.3 is 0 Å². The van der Waals surface area contributed by atoms with Gasteiger partial charge in [-0.05, 0) is 24.3 Å². The molecule has 1 aliphatic heterocycles. The highest BCUT2D eigenvalue weighted by molar-refractivity contribution is 7.89. The van der Waals surface area contributed by atoms with Crippen molar-refractivity contribution in [3.05, 3.63) is 66.9 Å². The van der Waals surface area contributed by atoms with Crippen LogP contribution in [0.2, 0.25) is 0 Å². The van der Waals surface area contributed by atoms with Crippen molar-refractivity contribution in [1.29, 1.82) is 0 Å². The number of sulfonamides is 1. The monoisotopic (exact) mass is 414 g/mol. The zero-order valence-electron chi connectivity index (χ0n) is 15.4. The number of hydrogen-bond donors (Lipinski definition) is 1. The van der Waals surface area contributed by atoms with E-state index in [9.17, 15) is 12.8 Å². The van der Waals surface area contributed by atoms with Crippen LogP contribution in [0.25, 0.3) is 0 Å². The fraction of sp³-hybridized carbons (Fsp3) is 0.211. The molecule has 3 aromatic rings. The number of rotatable bonds is 5. The zero-order chi connectivity index (χ0) is 20.3. The first-order valence-electron chi connectivity index (χ1n) is 9.04. The molecule has 0 amide bonds. The van der Waals surface area contributed by atoms with E-state index in [-0.39, 0.29) is 18.0 Å². The molecule has 2 aromatic heterocycles. The van der Waals surface area contributed by atoms with Gasteiger partial charge in [-0.25, -0.2) is 27.8 Å². The van der Waals surface area contributed by atoms with E-state index in [4.69, 9.17) is 0 Å². The second-order valence-electron chi connectivity index (χ2n) is 6.42. The second-order valence-corrected chi connectivity index (χ2v) is 8.33. The Hall–Kier alpha value is -3.11. The number of benzene rings is 1. The lowest BCUT2D eigenvalue weighted by Gasteiger charge is -2.34. The predicted octanol–water partition coefficient (Wildman–Crippen LogP) is 2.27. The third-order valence-corrected chi connectivity index (χ3v) is 6.52. The molecule has 10 heteroatoms. The average Bonchev–Trinajstić information content (AvgIpc) is 2.75. The lowest BCUT2D eigenvalue weighted by atomic mass is 10.3. The Kier molecular flexibility index (Phi) is 5.36. The molecule has 0 unspecified atom stereocenters. The standard InChI is InChI=1S/C19H19FN6O2S/c20-15-5-1-2-6-16(15)29(27,28)26-11-9-25(10-12-26)19-13-18(22-14-23-19)24-17-7-3-4-8-21-17/h1-8,13-14H,9-12H2,(H,21,22,23,24). The molecule has 29 heavy (non-hydrogen) atoms. The molecule has 1 fully saturated rings. The number of pyridine rings is 1. The molecule has 3 heterocycles. The van der Waals surface area contributed by atoms with E-state index in [0.29, 0.717) is 30.5 Å². The van der Waals surface area contributed by atoms with E-state index in [1.165, 1.54) is 28.8 Å². The Morgan fingerprint density at radius 2 is 1.66 bits per heavy atom. The molecule has 150 valence electrons. The Balaban J connectivity index is 1.45. The Morgan fingerprint density at radius 1 is 0.897 bits per heavy atom. The summed E-state index contributed by atoms with van der Waals surface area (Å²) in [6.45, 7) is 1.36. The summed E-state index contributed by atoms with van der Waals surface area (Å²) in [5.74, 6) is 1.20. The first kappa shape index (κ1) is 19.2. The van der Waals surface area contributed by atoms with Crippen LogP contribution in [-0.4, -0.2) is 53.9 Å². The van der Waals surface area contributed by atoms with Crippen LogP contribution in [0.3, 0.4) is 0 Å². The van der Waals surface area contributed by atoms with Crippen molar-refractivity contribution in [2.75, 3.05) is 36.4 Å². The summed E-state index contributed by atoms with van der Waals surface area (Å²) in [5.41, 5.74) is 0. The van der Waals surface area contributed by atoms with E-state index in [1.807, 2.05) is 23.1 Å². The number of nitrogens with one attached hydrogen (secondary N) is 1. The van der Waals surface area contributed by atoms with Crippen LogP contribution < -0.4 is 10.2 Å². The molecule has 1 saturated heterocycles. The smallest absolute Gasteiger partial charge is 0.246 e. The fourth-order valence-electron chi connectivity index (χ4n) is 3.11. The van der Waals surface area contributed by atoms with E-state index in [2.05, 4.69) is 20.3 Å². The molecule has 0 radical (unpaired) electrons. The molecular weight excluding hydrogens is 395 g/mol. The summed E-state index contributed by atoms with van der Waals surface area (Å²) in [4.78, 5) is 14.4. The number of nitrogens with zero attached hydrogens (tertiary/aromatic N) is 5. The van der Waals surface area contributed by atoms with Gasteiger partial charge < -0.3 is 10.2 Å². The summed E-state index contributed by atoms with van der Waals surface area (Å²) < 4.78 is 40.7. The Labute approximate surface area is 168 Å². The van der Waals surface area contributed by atoms with Crippen molar-refractivity contribution in [3.63, 3.8) is 0 Å². The minimum absolute atomic E-state index is 0.240. The highest BCUT2D eigenvalue weighted by Gasteiger charge is 2.30. The third kappa shape index (κ3) is 4.17. The van der Waals surface area contributed by atoms with Crippen molar-refractivity contribution >= 4 is 27.5 Å². The van der Waals surface area contributed by atoms with E-state index in [1.54, 1.807) is 12.3 Å². The minimum atomic E-state index is -3.87. The molecule has 0 bridgehead atoms. The molecule has 1 aromatic carbocycles. The fourth-order valence-corrected chi connectivity index (χ4v) is 4.59. The summed E-state index contributed by atoms with van der Waals surface area (Å²) in [6.07, 6.45) is 3.13. The summed E-state index contributed by atoms with van der Waals surface area (Å²) >= 11 is 0. The summed E-state index contributed by atoms with van der Waals surface area (Å²) in [7, 11) is -3.87. The Morgan fingerprint density at radius 3 is 2.38 bits per heavy atom. The van der Waals surface area contributed by atoms with Crippen LogP contribution in [0, 0.1) is 5.82 Å². The second kappa shape index (κ2) is 8.10.